The molecular formula is C25H27N3O3S. The minimum Gasteiger partial charge on any atom is -0.484 e. The summed E-state index contributed by atoms with van der Waals surface area (Å²) >= 11 is 1.36. The van der Waals surface area contributed by atoms with Crippen LogP contribution < -0.4 is 15.0 Å². The van der Waals surface area contributed by atoms with Crippen LogP contribution in [0.15, 0.2) is 47.8 Å². The van der Waals surface area contributed by atoms with Crippen molar-refractivity contribution in [2.75, 3.05) is 23.9 Å². The molecule has 0 bridgehead atoms. The summed E-state index contributed by atoms with van der Waals surface area (Å²) in [5, 5.41) is 5.21. The molecule has 0 unspecified atom stereocenters. The van der Waals surface area contributed by atoms with E-state index in [0.717, 1.165) is 35.3 Å². The van der Waals surface area contributed by atoms with E-state index < -0.39 is 5.41 Å². The molecule has 166 valence electrons. The zero-order valence-electron chi connectivity index (χ0n) is 18.8. The number of carbonyl (C=O) groups excluding carboxylic acids is 2. The number of benzene rings is 2. The van der Waals surface area contributed by atoms with Crippen molar-refractivity contribution in [1.29, 1.82) is 0 Å². The molecule has 3 aromatic rings. The molecule has 2 amide bonds. The van der Waals surface area contributed by atoms with Crippen molar-refractivity contribution in [3.05, 3.63) is 59.0 Å². The van der Waals surface area contributed by atoms with Crippen molar-refractivity contribution in [3.8, 4) is 17.0 Å². The number of nitrogens with one attached hydrogen (secondary N) is 1. The van der Waals surface area contributed by atoms with Gasteiger partial charge in [-0.05, 0) is 55.7 Å². The second kappa shape index (κ2) is 8.74. The summed E-state index contributed by atoms with van der Waals surface area (Å²) < 4.78 is 5.59. The van der Waals surface area contributed by atoms with Gasteiger partial charge in [-0.2, -0.15) is 0 Å². The van der Waals surface area contributed by atoms with Crippen molar-refractivity contribution >= 4 is 34.0 Å². The molecule has 0 saturated carbocycles. The molecule has 2 aromatic carbocycles. The summed E-state index contributed by atoms with van der Waals surface area (Å²) in [5.74, 6) is 0.488. The monoisotopic (exact) mass is 449 g/mol. The third-order valence-corrected chi connectivity index (χ3v) is 6.51. The maximum Gasteiger partial charge on any atom is 0.264 e. The number of ether oxygens (including phenoxy) is 1. The van der Waals surface area contributed by atoms with Crippen LogP contribution in [0.4, 0.5) is 10.8 Å². The second-order valence-electron chi connectivity index (χ2n) is 8.49. The minimum absolute atomic E-state index is 0.0795. The number of amides is 2. The van der Waals surface area contributed by atoms with Gasteiger partial charge in [0.15, 0.2) is 11.7 Å². The summed E-state index contributed by atoms with van der Waals surface area (Å²) in [6.07, 6.45) is 2.12. The van der Waals surface area contributed by atoms with Crippen LogP contribution in [-0.2, 0) is 21.4 Å². The lowest BCUT2D eigenvalue weighted by atomic mass is 9.85. The number of aryl methyl sites for hydroxylation is 1. The third kappa shape index (κ3) is 4.25. The minimum atomic E-state index is -0.570. The summed E-state index contributed by atoms with van der Waals surface area (Å²) in [5.41, 5.74) is 4.27. The first-order chi connectivity index (χ1) is 15.3. The number of thiazole rings is 1. The highest BCUT2D eigenvalue weighted by Gasteiger charge is 2.42. The van der Waals surface area contributed by atoms with Crippen LogP contribution in [0.3, 0.4) is 0 Å². The van der Waals surface area contributed by atoms with Crippen LogP contribution in [0.2, 0.25) is 0 Å². The molecule has 0 fully saturated rings. The molecule has 4 rings (SSSR count). The lowest BCUT2D eigenvalue weighted by Gasteiger charge is -2.16. The Bertz CT molecular complexity index is 1150. The molecule has 0 atom stereocenters. The number of rotatable bonds is 7. The van der Waals surface area contributed by atoms with Crippen molar-refractivity contribution < 1.29 is 14.3 Å². The number of hydrogen-bond acceptors (Lipinski definition) is 5. The molecule has 1 aliphatic rings. The molecule has 7 heteroatoms. The van der Waals surface area contributed by atoms with E-state index in [-0.39, 0.29) is 18.4 Å². The van der Waals surface area contributed by atoms with Crippen molar-refractivity contribution in [1.82, 2.24) is 4.98 Å². The molecule has 1 N–H and O–H groups in total. The van der Waals surface area contributed by atoms with E-state index in [1.165, 1.54) is 16.9 Å². The number of aromatic nitrogens is 1. The van der Waals surface area contributed by atoms with Crippen LogP contribution in [0.25, 0.3) is 11.3 Å². The fraction of sp³-hybridized carbons (Fsp3) is 0.320. The lowest BCUT2D eigenvalue weighted by molar-refractivity contribution is -0.121. The molecule has 1 aliphatic heterocycles. The van der Waals surface area contributed by atoms with E-state index in [9.17, 15) is 9.59 Å². The maximum atomic E-state index is 12.5. The zero-order chi connectivity index (χ0) is 22.9. The van der Waals surface area contributed by atoms with E-state index in [1.54, 1.807) is 11.9 Å². The fourth-order valence-corrected chi connectivity index (χ4v) is 4.68. The highest BCUT2D eigenvalue weighted by molar-refractivity contribution is 7.14. The average molecular weight is 450 g/mol. The SMILES string of the molecule is CCCc1ccc(OCC(=O)Nc2nc(-c3ccc4c(c3)C(C)(C)C(=O)N4C)cs2)cc1. The normalized spacial score (nSPS) is 14.4. The molecule has 1 aromatic heterocycles. The smallest absolute Gasteiger partial charge is 0.264 e. The van der Waals surface area contributed by atoms with Gasteiger partial charge in [0.25, 0.3) is 5.91 Å². The molecule has 0 spiro atoms. The quantitative estimate of drug-likeness (QED) is 0.549. The summed E-state index contributed by atoms with van der Waals surface area (Å²) in [6, 6.07) is 13.7. The lowest BCUT2D eigenvalue weighted by Crippen LogP contribution is -2.33. The molecule has 0 radical (unpaired) electrons. The van der Waals surface area contributed by atoms with Gasteiger partial charge in [-0.25, -0.2) is 4.98 Å². The van der Waals surface area contributed by atoms with Gasteiger partial charge in [-0.3, -0.25) is 14.9 Å². The Morgan fingerprint density at radius 1 is 1.19 bits per heavy atom. The van der Waals surface area contributed by atoms with Gasteiger partial charge < -0.3 is 9.64 Å². The van der Waals surface area contributed by atoms with Gasteiger partial charge in [0, 0.05) is 23.7 Å². The summed E-state index contributed by atoms with van der Waals surface area (Å²) in [7, 11) is 1.80. The van der Waals surface area contributed by atoms with E-state index in [4.69, 9.17) is 4.74 Å². The average Bonchev–Trinajstić information content (AvgIpc) is 3.31. The van der Waals surface area contributed by atoms with Crippen molar-refractivity contribution in [2.24, 2.45) is 0 Å². The predicted molar refractivity (Wildman–Crippen MR) is 129 cm³/mol. The van der Waals surface area contributed by atoms with Crippen molar-refractivity contribution in [2.45, 2.75) is 39.0 Å². The summed E-state index contributed by atoms with van der Waals surface area (Å²) in [6.45, 7) is 5.93. The standard InChI is InChI=1S/C25H27N3O3S/c1-5-6-16-7-10-18(11-8-16)31-14-22(29)27-24-26-20(15-32-24)17-9-12-21-19(13-17)25(2,3)23(30)28(21)4/h7-13,15H,5-6,14H2,1-4H3,(H,26,27,29). The number of fused-ring (bicyclic) bond motifs is 1. The maximum absolute atomic E-state index is 12.5. The Morgan fingerprint density at radius 3 is 2.66 bits per heavy atom. The Hall–Kier alpha value is -3.19. The van der Waals surface area contributed by atoms with Crippen LogP contribution in [0.1, 0.15) is 38.3 Å². The summed E-state index contributed by atoms with van der Waals surface area (Å²) in [4.78, 5) is 31.1. The highest BCUT2D eigenvalue weighted by Crippen LogP contribution is 2.42. The van der Waals surface area contributed by atoms with Gasteiger partial charge in [0.05, 0.1) is 11.1 Å². The molecule has 2 heterocycles. The topological polar surface area (TPSA) is 71.5 Å². The van der Waals surface area contributed by atoms with Gasteiger partial charge in [0.1, 0.15) is 5.75 Å². The number of nitrogens with zero attached hydrogens (tertiary/aromatic N) is 2. The molecular weight excluding hydrogens is 422 g/mol. The molecule has 32 heavy (non-hydrogen) atoms. The van der Waals surface area contributed by atoms with Gasteiger partial charge in [0.2, 0.25) is 5.91 Å². The first-order valence-electron chi connectivity index (χ1n) is 10.7. The van der Waals surface area contributed by atoms with E-state index in [0.29, 0.717) is 10.9 Å². The fourth-order valence-electron chi connectivity index (χ4n) is 3.94. The van der Waals surface area contributed by atoms with Crippen LogP contribution in [-0.4, -0.2) is 30.5 Å². The van der Waals surface area contributed by atoms with Crippen LogP contribution in [0, 0.1) is 0 Å². The highest BCUT2D eigenvalue weighted by atomic mass is 32.1. The van der Waals surface area contributed by atoms with Gasteiger partial charge in [-0.15, -0.1) is 11.3 Å². The first kappa shape index (κ1) is 22.0. The van der Waals surface area contributed by atoms with E-state index in [2.05, 4.69) is 17.2 Å². The van der Waals surface area contributed by atoms with E-state index in [1.807, 2.05) is 61.7 Å². The Kier molecular flexibility index (Phi) is 6.02. The number of carbonyl (C=O) groups is 2. The Labute approximate surface area is 192 Å². The van der Waals surface area contributed by atoms with Gasteiger partial charge >= 0.3 is 0 Å². The number of likely N-dealkylation sites (N-methyl/N-ethyl adjacent to an activating group) is 1. The Morgan fingerprint density at radius 2 is 1.94 bits per heavy atom. The van der Waals surface area contributed by atoms with Crippen LogP contribution in [0.5, 0.6) is 5.75 Å². The number of anilines is 2. The first-order valence-corrected chi connectivity index (χ1v) is 11.6. The van der Waals surface area contributed by atoms with Gasteiger partial charge in [-0.1, -0.05) is 31.5 Å². The van der Waals surface area contributed by atoms with Crippen LogP contribution >= 0.6 is 11.3 Å². The van der Waals surface area contributed by atoms with E-state index >= 15 is 0 Å². The van der Waals surface area contributed by atoms with Crippen molar-refractivity contribution in [3.63, 3.8) is 0 Å². The molecule has 0 aliphatic carbocycles. The largest absolute Gasteiger partial charge is 0.484 e. The molecule has 6 nitrogen and oxygen atoms in total. The predicted octanol–water partition coefficient (Wildman–Crippen LogP) is 5.03. The number of hydrogen-bond donors (Lipinski definition) is 1. The Balaban J connectivity index is 1.40. The molecule has 0 saturated heterocycles. The second-order valence-corrected chi connectivity index (χ2v) is 9.35. The zero-order valence-corrected chi connectivity index (χ0v) is 19.6. The third-order valence-electron chi connectivity index (χ3n) is 5.75.